The standard InChI is InChI=1S/C17H27N3O3/c1-3-18-17(19-7-8-21)20-11-14-5-4-13(2)10-16(14)23-15-6-9-22-12-15/h4-5,10,15,21H,3,6-9,11-12H2,1-2H3,(H2,18,19,20). The van der Waals surface area contributed by atoms with Gasteiger partial charge in [-0.1, -0.05) is 12.1 Å². The summed E-state index contributed by atoms with van der Waals surface area (Å²) in [4.78, 5) is 4.56. The second-order valence-electron chi connectivity index (χ2n) is 5.56. The van der Waals surface area contributed by atoms with Crippen molar-refractivity contribution < 1.29 is 14.6 Å². The van der Waals surface area contributed by atoms with Crippen LogP contribution in [0.25, 0.3) is 0 Å². The van der Waals surface area contributed by atoms with Crippen LogP contribution in [0.5, 0.6) is 5.75 Å². The van der Waals surface area contributed by atoms with Crippen molar-refractivity contribution in [2.75, 3.05) is 32.9 Å². The number of nitrogens with zero attached hydrogens (tertiary/aromatic N) is 1. The van der Waals surface area contributed by atoms with Crippen LogP contribution in [-0.2, 0) is 11.3 Å². The molecule has 1 aliphatic rings. The van der Waals surface area contributed by atoms with Crippen molar-refractivity contribution in [3.05, 3.63) is 29.3 Å². The second kappa shape index (κ2) is 9.37. The average Bonchev–Trinajstić information content (AvgIpc) is 3.04. The predicted molar refractivity (Wildman–Crippen MR) is 90.9 cm³/mol. The maximum absolute atomic E-state index is 8.93. The third-order valence-corrected chi connectivity index (χ3v) is 3.56. The highest BCUT2D eigenvalue weighted by atomic mass is 16.5. The first-order valence-corrected chi connectivity index (χ1v) is 8.20. The summed E-state index contributed by atoms with van der Waals surface area (Å²) >= 11 is 0. The molecule has 0 aliphatic carbocycles. The molecule has 128 valence electrons. The Morgan fingerprint density at radius 1 is 1.43 bits per heavy atom. The van der Waals surface area contributed by atoms with Crippen LogP contribution in [-0.4, -0.2) is 50.1 Å². The fourth-order valence-corrected chi connectivity index (χ4v) is 2.37. The van der Waals surface area contributed by atoms with E-state index in [4.69, 9.17) is 14.6 Å². The number of ether oxygens (including phenoxy) is 2. The summed E-state index contributed by atoms with van der Waals surface area (Å²) in [6.45, 7) is 7.32. The molecule has 1 heterocycles. The van der Waals surface area contributed by atoms with Crippen molar-refractivity contribution in [3.8, 4) is 5.75 Å². The maximum atomic E-state index is 8.93. The summed E-state index contributed by atoms with van der Waals surface area (Å²) in [5.74, 6) is 1.57. The third-order valence-electron chi connectivity index (χ3n) is 3.56. The van der Waals surface area contributed by atoms with Crippen LogP contribution in [0.4, 0.5) is 0 Å². The fourth-order valence-electron chi connectivity index (χ4n) is 2.37. The average molecular weight is 321 g/mol. The minimum Gasteiger partial charge on any atom is -0.488 e. The molecule has 0 bridgehead atoms. The molecule has 6 nitrogen and oxygen atoms in total. The van der Waals surface area contributed by atoms with Gasteiger partial charge >= 0.3 is 0 Å². The van der Waals surface area contributed by atoms with Gasteiger partial charge in [0, 0.05) is 25.1 Å². The summed E-state index contributed by atoms with van der Waals surface area (Å²) in [6, 6.07) is 6.17. The van der Waals surface area contributed by atoms with Gasteiger partial charge in [0.25, 0.3) is 0 Å². The smallest absolute Gasteiger partial charge is 0.191 e. The highest BCUT2D eigenvalue weighted by Crippen LogP contribution is 2.24. The Bertz CT molecular complexity index is 514. The van der Waals surface area contributed by atoms with E-state index in [2.05, 4.69) is 40.7 Å². The molecule has 1 aliphatic heterocycles. The van der Waals surface area contributed by atoms with Gasteiger partial charge in [-0.05, 0) is 25.5 Å². The van der Waals surface area contributed by atoms with E-state index < -0.39 is 0 Å². The third kappa shape index (κ3) is 5.73. The molecular formula is C17H27N3O3. The first kappa shape index (κ1) is 17.6. The van der Waals surface area contributed by atoms with E-state index in [1.165, 1.54) is 0 Å². The van der Waals surface area contributed by atoms with Crippen LogP contribution in [0, 0.1) is 6.92 Å². The summed E-state index contributed by atoms with van der Waals surface area (Å²) < 4.78 is 11.5. The van der Waals surface area contributed by atoms with E-state index in [1.807, 2.05) is 6.92 Å². The Morgan fingerprint density at radius 2 is 2.30 bits per heavy atom. The molecule has 1 saturated heterocycles. The Kier molecular flexibility index (Phi) is 7.16. The maximum Gasteiger partial charge on any atom is 0.191 e. The summed E-state index contributed by atoms with van der Waals surface area (Å²) in [7, 11) is 0. The zero-order chi connectivity index (χ0) is 16.5. The van der Waals surface area contributed by atoms with E-state index in [0.29, 0.717) is 25.7 Å². The Morgan fingerprint density at radius 3 is 3.00 bits per heavy atom. The monoisotopic (exact) mass is 321 g/mol. The number of hydrogen-bond acceptors (Lipinski definition) is 4. The quantitative estimate of drug-likeness (QED) is 0.520. The van der Waals surface area contributed by atoms with E-state index >= 15 is 0 Å². The first-order valence-electron chi connectivity index (χ1n) is 8.20. The molecule has 0 aromatic heterocycles. The van der Waals surface area contributed by atoms with Crippen LogP contribution in [0.15, 0.2) is 23.2 Å². The fraction of sp³-hybridized carbons (Fsp3) is 0.588. The van der Waals surface area contributed by atoms with Gasteiger partial charge in [-0.3, -0.25) is 0 Å². The number of nitrogens with one attached hydrogen (secondary N) is 2. The molecular weight excluding hydrogens is 294 g/mol. The van der Waals surface area contributed by atoms with Gasteiger partial charge in [-0.15, -0.1) is 0 Å². The zero-order valence-electron chi connectivity index (χ0n) is 14.0. The molecule has 0 spiro atoms. The molecule has 1 fully saturated rings. The van der Waals surface area contributed by atoms with Gasteiger partial charge < -0.3 is 25.2 Å². The minimum atomic E-state index is 0.0744. The molecule has 1 atom stereocenters. The van der Waals surface area contributed by atoms with Crippen LogP contribution >= 0.6 is 0 Å². The van der Waals surface area contributed by atoms with Gasteiger partial charge in [0.1, 0.15) is 11.9 Å². The van der Waals surface area contributed by atoms with Crippen LogP contribution in [0.1, 0.15) is 24.5 Å². The number of guanidine groups is 1. The molecule has 6 heteroatoms. The van der Waals surface area contributed by atoms with Gasteiger partial charge in [0.15, 0.2) is 5.96 Å². The summed E-state index contributed by atoms with van der Waals surface area (Å²) in [5, 5.41) is 15.2. The molecule has 23 heavy (non-hydrogen) atoms. The largest absolute Gasteiger partial charge is 0.488 e. The highest BCUT2D eigenvalue weighted by molar-refractivity contribution is 5.79. The zero-order valence-corrected chi connectivity index (χ0v) is 14.0. The lowest BCUT2D eigenvalue weighted by atomic mass is 10.1. The SMILES string of the molecule is CCNC(=NCc1ccc(C)cc1OC1CCOC1)NCCO. The van der Waals surface area contributed by atoms with Crippen LogP contribution in [0.3, 0.4) is 0 Å². The number of rotatable bonds is 7. The lowest BCUT2D eigenvalue weighted by Crippen LogP contribution is -2.38. The summed E-state index contributed by atoms with van der Waals surface area (Å²) in [5.41, 5.74) is 2.21. The van der Waals surface area contributed by atoms with E-state index in [0.717, 1.165) is 36.4 Å². The van der Waals surface area contributed by atoms with Crippen molar-refractivity contribution in [2.45, 2.75) is 32.9 Å². The Balaban J connectivity index is 2.07. The first-order chi connectivity index (χ1) is 11.2. The van der Waals surface area contributed by atoms with Crippen LogP contribution < -0.4 is 15.4 Å². The Labute approximate surface area is 137 Å². The van der Waals surface area contributed by atoms with Crippen molar-refractivity contribution in [1.29, 1.82) is 0 Å². The van der Waals surface area contributed by atoms with Crippen molar-refractivity contribution in [2.24, 2.45) is 4.99 Å². The number of aryl methyl sites for hydroxylation is 1. The molecule has 1 unspecified atom stereocenters. The second-order valence-corrected chi connectivity index (χ2v) is 5.56. The van der Waals surface area contributed by atoms with Gasteiger partial charge in [0.2, 0.25) is 0 Å². The minimum absolute atomic E-state index is 0.0744. The van der Waals surface area contributed by atoms with Crippen molar-refractivity contribution in [3.63, 3.8) is 0 Å². The molecule has 0 radical (unpaired) electrons. The number of hydrogen-bond donors (Lipinski definition) is 3. The molecule has 0 amide bonds. The molecule has 2 rings (SSSR count). The van der Waals surface area contributed by atoms with Gasteiger partial charge in [-0.2, -0.15) is 0 Å². The normalized spacial score (nSPS) is 18.0. The topological polar surface area (TPSA) is 75.1 Å². The van der Waals surface area contributed by atoms with Gasteiger partial charge in [0.05, 0.1) is 26.4 Å². The number of aliphatic hydroxyl groups excluding tert-OH is 1. The van der Waals surface area contributed by atoms with Crippen molar-refractivity contribution >= 4 is 5.96 Å². The highest BCUT2D eigenvalue weighted by Gasteiger charge is 2.18. The molecule has 1 aromatic carbocycles. The number of aliphatic imine (C=N–C) groups is 1. The van der Waals surface area contributed by atoms with E-state index in [-0.39, 0.29) is 12.7 Å². The molecule has 0 saturated carbocycles. The lowest BCUT2D eigenvalue weighted by Gasteiger charge is -2.16. The van der Waals surface area contributed by atoms with E-state index in [9.17, 15) is 0 Å². The lowest BCUT2D eigenvalue weighted by molar-refractivity contribution is 0.140. The Hall–Kier alpha value is -1.79. The summed E-state index contributed by atoms with van der Waals surface area (Å²) in [6.07, 6.45) is 1.05. The molecule has 1 aromatic rings. The van der Waals surface area contributed by atoms with Crippen molar-refractivity contribution in [1.82, 2.24) is 10.6 Å². The van der Waals surface area contributed by atoms with Crippen LogP contribution in [0.2, 0.25) is 0 Å². The van der Waals surface area contributed by atoms with Gasteiger partial charge in [-0.25, -0.2) is 4.99 Å². The predicted octanol–water partition coefficient (Wildman–Crippen LogP) is 1.21. The van der Waals surface area contributed by atoms with E-state index in [1.54, 1.807) is 0 Å². The number of aliphatic hydroxyl groups is 1. The number of benzene rings is 1. The molecule has 3 N–H and O–H groups in total.